The van der Waals surface area contributed by atoms with Gasteiger partial charge in [-0.15, -0.1) is 0 Å². The van der Waals surface area contributed by atoms with Gasteiger partial charge in [0, 0.05) is 48.1 Å². The van der Waals surface area contributed by atoms with E-state index >= 15 is 0 Å². The standard InChI is InChI=1S/C29H34N4O4/c1-30-28(35)26(7-4-12-34)33-17-20-13-24-27(14-21(20)18-37-33)36-19-29(24)8-10-32(11-9-29)16-22-15-31-25-6-3-2-5-23(22)25/h2-3,5-6,12-15,26,31H,4,7-11,16-19H2,1H3,(H,30,35). The average Bonchev–Trinajstić information content (AvgIpc) is 3.50. The molecule has 3 aliphatic heterocycles. The highest BCUT2D eigenvalue weighted by Crippen LogP contribution is 2.47. The summed E-state index contributed by atoms with van der Waals surface area (Å²) in [5, 5.41) is 5.75. The Hall–Kier alpha value is -3.20. The van der Waals surface area contributed by atoms with Crippen molar-refractivity contribution in [1.82, 2.24) is 20.3 Å². The molecular weight excluding hydrogens is 468 g/mol. The largest absolute Gasteiger partial charge is 0.492 e. The first kappa shape index (κ1) is 24.2. The highest BCUT2D eigenvalue weighted by atomic mass is 16.7. The van der Waals surface area contributed by atoms with Crippen LogP contribution in [-0.4, -0.2) is 59.9 Å². The van der Waals surface area contributed by atoms with Crippen molar-refractivity contribution in [3.05, 3.63) is 64.8 Å². The third-order valence-corrected chi connectivity index (χ3v) is 8.43. The van der Waals surface area contributed by atoms with Gasteiger partial charge >= 0.3 is 0 Å². The zero-order chi connectivity index (χ0) is 25.4. The summed E-state index contributed by atoms with van der Waals surface area (Å²) in [7, 11) is 1.62. The molecule has 4 heterocycles. The van der Waals surface area contributed by atoms with Gasteiger partial charge < -0.3 is 19.8 Å². The summed E-state index contributed by atoms with van der Waals surface area (Å²) in [6.07, 6.45) is 5.86. The number of fused-ring (bicyclic) bond motifs is 4. The second-order valence-corrected chi connectivity index (χ2v) is 10.5. The van der Waals surface area contributed by atoms with Gasteiger partial charge in [-0.3, -0.25) is 14.5 Å². The quantitative estimate of drug-likeness (QED) is 0.482. The summed E-state index contributed by atoms with van der Waals surface area (Å²) < 4.78 is 6.24. The molecule has 0 aliphatic carbocycles. The lowest BCUT2D eigenvalue weighted by Gasteiger charge is -2.39. The first-order chi connectivity index (χ1) is 18.1. The predicted molar refractivity (Wildman–Crippen MR) is 140 cm³/mol. The number of nitrogens with zero attached hydrogens (tertiary/aromatic N) is 2. The number of rotatable bonds is 7. The van der Waals surface area contributed by atoms with Crippen molar-refractivity contribution < 1.29 is 19.2 Å². The Morgan fingerprint density at radius 2 is 2.05 bits per heavy atom. The Bertz CT molecular complexity index is 1310. The second kappa shape index (κ2) is 9.93. The Kier molecular flexibility index (Phi) is 6.48. The third kappa shape index (κ3) is 4.43. The van der Waals surface area contributed by atoms with Crippen LogP contribution in [0.25, 0.3) is 10.9 Å². The van der Waals surface area contributed by atoms with E-state index in [-0.39, 0.29) is 11.3 Å². The summed E-state index contributed by atoms with van der Waals surface area (Å²) in [6.45, 7) is 4.63. The molecule has 0 bridgehead atoms. The molecule has 1 saturated heterocycles. The van der Waals surface area contributed by atoms with E-state index in [0.717, 1.165) is 56.7 Å². The molecule has 194 valence electrons. The summed E-state index contributed by atoms with van der Waals surface area (Å²) in [6, 6.07) is 12.4. The number of carbonyl (C=O) groups is 2. The molecule has 1 spiro atoms. The number of hydrogen-bond donors (Lipinski definition) is 2. The van der Waals surface area contributed by atoms with Gasteiger partial charge in [0.25, 0.3) is 0 Å². The molecule has 6 rings (SSSR count). The maximum Gasteiger partial charge on any atom is 0.239 e. The molecule has 2 aromatic carbocycles. The van der Waals surface area contributed by atoms with Crippen LogP contribution in [0.3, 0.4) is 0 Å². The van der Waals surface area contributed by atoms with Crippen LogP contribution in [0.5, 0.6) is 5.75 Å². The number of nitrogens with one attached hydrogen (secondary N) is 2. The SMILES string of the molecule is CNC(=O)C(CCC=O)N1Cc2cc3c(cc2CO1)OCC31CCN(Cc2c[nH]c3ccccc23)CC1. The van der Waals surface area contributed by atoms with Crippen molar-refractivity contribution >= 4 is 23.1 Å². The molecule has 1 amide bonds. The number of carbonyl (C=O) groups excluding carboxylic acids is 2. The Labute approximate surface area is 216 Å². The molecule has 1 fully saturated rings. The van der Waals surface area contributed by atoms with Crippen LogP contribution in [0.4, 0.5) is 0 Å². The van der Waals surface area contributed by atoms with Crippen molar-refractivity contribution in [3.8, 4) is 5.75 Å². The molecule has 1 unspecified atom stereocenters. The number of aromatic nitrogens is 1. The average molecular weight is 503 g/mol. The number of aldehydes is 1. The van der Waals surface area contributed by atoms with Gasteiger partial charge in [0.15, 0.2) is 0 Å². The van der Waals surface area contributed by atoms with Gasteiger partial charge in [-0.1, -0.05) is 18.2 Å². The van der Waals surface area contributed by atoms with E-state index < -0.39 is 6.04 Å². The molecule has 8 heteroatoms. The number of hydrogen-bond acceptors (Lipinski definition) is 6. The van der Waals surface area contributed by atoms with Gasteiger partial charge in [0.05, 0.1) is 19.8 Å². The monoisotopic (exact) mass is 502 g/mol. The number of amides is 1. The number of piperidine rings is 1. The highest BCUT2D eigenvalue weighted by molar-refractivity contribution is 5.83. The van der Waals surface area contributed by atoms with Crippen molar-refractivity contribution in [2.45, 2.75) is 56.8 Å². The normalized spacial score (nSPS) is 19.8. The summed E-state index contributed by atoms with van der Waals surface area (Å²) in [4.78, 5) is 35.4. The fraction of sp³-hybridized carbons (Fsp3) is 0.448. The maximum atomic E-state index is 12.5. The summed E-state index contributed by atoms with van der Waals surface area (Å²) in [5.41, 5.74) is 6.15. The van der Waals surface area contributed by atoms with Crippen molar-refractivity contribution in [2.24, 2.45) is 0 Å². The minimum absolute atomic E-state index is 0.0297. The zero-order valence-electron chi connectivity index (χ0n) is 21.3. The van der Waals surface area contributed by atoms with E-state index in [0.29, 0.717) is 26.0 Å². The van der Waals surface area contributed by atoms with Crippen LogP contribution in [-0.2, 0) is 39.5 Å². The lowest BCUT2D eigenvalue weighted by atomic mass is 9.73. The minimum atomic E-state index is -0.491. The van der Waals surface area contributed by atoms with Crippen molar-refractivity contribution in [1.29, 1.82) is 0 Å². The molecule has 1 aromatic heterocycles. The van der Waals surface area contributed by atoms with Crippen LogP contribution >= 0.6 is 0 Å². The number of aromatic amines is 1. The molecule has 2 N–H and O–H groups in total. The van der Waals surface area contributed by atoms with E-state index in [2.05, 4.69) is 57.8 Å². The van der Waals surface area contributed by atoms with Crippen LogP contribution in [0.2, 0.25) is 0 Å². The minimum Gasteiger partial charge on any atom is -0.492 e. The number of H-pyrrole nitrogens is 1. The zero-order valence-corrected chi connectivity index (χ0v) is 21.3. The molecular formula is C29H34N4O4. The van der Waals surface area contributed by atoms with Gasteiger partial charge in [-0.05, 0) is 67.2 Å². The number of ether oxygens (including phenoxy) is 1. The molecule has 3 aromatic rings. The van der Waals surface area contributed by atoms with Gasteiger partial charge in [0.2, 0.25) is 5.91 Å². The number of para-hydroxylation sites is 1. The smallest absolute Gasteiger partial charge is 0.239 e. The molecule has 0 radical (unpaired) electrons. The van der Waals surface area contributed by atoms with Gasteiger partial charge in [-0.25, -0.2) is 0 Å². The number of likely N-dealkylation sites (N-methyl/N-ethyl adjacent to an activating group) is 1. The van der Waals surface area contributed by atoms with E-state index in [1.165, 1.54) is 27.6 Å². The van der Waals surface area contributed by atoms with Crippen LogP contribution in [0.15, 0.2) is 42.6 Å². The first-order valence-corrected chi connectivity index (χ1v) is 13.2. The first-order valence-electron chi connectivity index (χ1n) is 13.2. The third-order valence-electron chi connectivity index (χ3n) is 8.43. The van der Waals surface area contributed by atoms with Crippen molar-refractivity contribution in [2.75, 3.05) is 26.7 Å². The Morgan fingerprint density at radius 1 is 1.22 bits per heavy atom. The van der Waals surface area contributed by atoms with Crippen molar-refractivity contribution in [3.63, 3.8) is 0 Å². The Morgan fingerprint density at radius 3 is 2.86 bits per heavy atom. The number of likely N-dealkylation sites (tertiary alicyclic amines) is 1. The van der Waals surface area contributed by atoms with Crippen LogP contribution < -0.4 is 10.1 Å². The lowest BCUT2D eigenvalue weighted by Crippen LogP contribution is -2.47. The fourth-order valence-electron chi connectivity index (χ4n) is 6.20. The molecule has 0 saturated carbocycles. The van der Waals surface area contributed by atoms with E-state index in [1.54, 1.807) is 12.1 Å². The molecule has 1 atom stereocenters. The maximum absolute atomic E-state index is 12.5. The van der Waals surface area contributed by atoms with E-state index in [9.17, 15) is 9.59 Å². The number of hydroxylamine groups is 2. The second-order valence-electron chi connectivity index (χ2n) is 10.5. The highest BCUT2D eigenvalue weighted by Gasteiger charge is 2.44. The topological polar surface area (TPSA) is 86.9 Å². The van der Waals surface area contributed by atoms with Gasteiger partial charge in [-0.2, -0.15) is 5.06 Å². The Balaban J connectivity index is 1.17. The molecule has 8 nitrogen and oxygen atoms in total. The number of benzene rings is 2. The molecule has 3 aliphatic rings. The predicted octanol–water partition coefficient (Wildman–Crippen LogP) is 3.44. The van der Waals surface area contributed by atoms with Crippen LogP contribution in [0, 0.1) is 0 Å². The molecule has 37 heavy (non-hydrogen) atoms. The van der Waals surface area contributed by atoms with E-state index in [4.69, 9.17) is 9.57 Å². The van der Waals surface area contributed by atoms with Gasteiger partial charge in [0.1, 0.15) is 18.1 Å². The van der Waals surface area contributed by atoms with Crippen LogP contribution in [0.1, 0.15) is 47.9 Å². The lowest BCUT2D eigenvalue weighted by molar-refractivity contribution is -0.214. The fourth-order valence-corrected chi connectivity index (χ4v) is 6.20. The summed E-state index contributed by atoms with van der Waals surface area (Å²) in [5.74, 6) is 0.846. The van der Waals surface area contributed by atoms with E-state index in [1.807, 2.05) is 0 Å². The summed E-state index contributed by atoms with van der Waals surface area (Å²) >= 11 is 0.